The maximum atomic E-state index is 13.8. The minimum Gasteiger partial charge on any atom is -0.320 e. The van der Waals surface area contributed by atoms with Crippen molar-refractivity contribution in [1.82, 2.24) is 9.97 Å². The van der Waals surface area contributed by atoms with Crippen molar-refractivity contribution in [2.75, 3.05) is 0 Å². The molecule has 0 aliphatic rings. The van der Waals surface area contributed by atoms with E-state index in [0.29, 0.717) is 16.6 Å². The van der Waals surface area contributed by atoms with Crippen molar-refractivity contribution in [3.8, 4) is 0 Å². The van der Waals surface area contributed by atoms with Gasteiger partial charge in [-0.1, -0.05) is 18.2 Å². The number of nitrogens with zero attached hydrogens (tertiary/aromatic N) is 2. The van der Waals surface area contributed by atoms with Crippen LogP contribution in [0, 0.1) is 11.6 Å². The molecule has 2 N–H and O–H groups in total. The second-order valence-corrected chi connectivity index (χ2v) is 4.38. The van der Waals surface area contributed by atoms with Crippen LogP contribution in [0.1, 0.15) is 17.2 Å². The summed E-state index contributed by atoms with van der Waals surface area (Å²) >= 11 is 0. The van der Waals surface area contributed by atoms with E-state index >= 15 is 0 Å². The lowest BCUT2D eigenvalue weighted by atomic mass is 9.97. The summed E-state index contributed by atoms with van der Waals surface area (Å²) < 4.78 is 27.7. The second-order valence-electron chi connectivity index (χ2n) is 4.38. The van der Waals surface area contributed by atoms with E-state index in [1.165, 1.54) is 24.4 Å². The van der Waals surface area contributed by atoms with Crippen molar-refractivity contribution >= 4 is 11.0 Å². The van der Waals surface area contributed by atoms with Crippen LogP contribution in [0.3, 0.4) is 0 Å². The number of benzene rings is 2. The summed E-state index contributed by atoms with van der Waals surface area (Å²) in [6, 6.07) is 7.97. The van der Waals surface area contributed by atoms with Gasteiger partial charge in [-0.15, -0.1) is 0 Å². The number of nitrogens with two attached hydrogens (primary N) is 1. The molecule has 20 heavy (non-hydrogen) atoms. The number of hydrogen-bond acceptors (Lipinski definition) is 3. The molecule has 3 aromatic rings. The quantitative estimate of drug-likeness (QED) is 0.779. The lowest BCUT2D eigenvalue weighted by molar-refractivity contribution is 0.544. The van der Waals surface area contributed by atoms with Crippen LogP contribution in [0.4, 0.5) is 8.78 Å². The van der Waals surface area contributed by atoms with Crippen molar-refractivity contribution < 1.29 is 8.78 Å². The number of hydrogen-bond donors (Lipinski definition) is 1. The fraction of sp³-hybridized carbons (Fsp3) is 0.0667. The van der Waals surface area contributed by atoms with Crippen molar-refractivity contribution in [3.05, 3.63) is 71.6 Å². The zero-order chi connectivity index (χ0) is 14.1. The van der Waals surface area contributed by atoms with Gasteiger partial charge in [0.05, 0.1) is 17.1 Å². The Morgan fingerprint density at radius 2 is 1.55 bits per heavy atom. The zero-order valence-corrected chi connectivity index (χ0v) is 10.4. The monoisotopic (exact) mass is 271 g/mol. The van der Waals surface area contributed by atoms with Crippen LogP contribution in [-0.4, -0.2) is 9.97 Å². The minimum absolute atomic E-state index is 0.161. The molecule has 3 nitrogen and oxygen atoms in total. The molecule has 0 radical (unpaired) electrons. The van der Waals surface area contributed by atoms with Gasteiger partial charge in [-0.3, -0.25) is 9.97 Å². The number of halogens is 2. The summed E-state index contributed by atoms with van der Waals surface area (Å²) in [6.07, 6.45) is 3.08. The summed E-state index contributed by atoms with van der Waals surface area (Å²) in [5, 5.41) is 0. The van der Waals surface area contributed by atoms with E-state index in [2.05, 4.69) is 9.97 Å². The van der Waals surface area contributed by atoms with Gasteiger partial charge in [-0.25, -0.2) is 8.78 Å². The number of aromatic nitrogens is 2. The van der Waals surface area contributed by atoms with Crippen LogP contribution < -0.4 is 5.73 Å². The summed E-state index contributed by atoms with van der Waals surface area (Å²) in [6.45, 7) is 0. The molecule has 2 aromatic carbocycles. The first kappa shape index (κ1) is 12.6. The third-order valence-corrected chi connectivity index (χ3v) is 3.18. The van der Waals surface area contributed by atoms with E-state index in [0.717, 1.165) is 0 Å². The molecular weight excluding hydrogens is 260 g/mol. The molecule has 0 fully saturated rings. The maximum absolute atomic E-state index is 13.8. The smallest absolute Gasteiger partial charge is 0.131 e. The van der Waals surface area contributed by atoms with E-state index in [4.69, 9.17) is 5.73 Å². The van der Waals surface area contributed by atoms with E-state index in [9.17, 15) is 8.78 Å². The number of rotatable bonds is 2. The van der Waals surface area contributed by atoms with Crippen LogP contribution >= 0.6 is 0 Å². The molecule has 1 aromatic heterocycles. The first-order valence-electron chi connectivity index (χ1n) is 6.07. The average molecular weight is 271 g/mol. The molecular formula is C15H11F2N3. The van der Waals surface area contributed by atoms with Gasteiger partial charge in [0.25, 0.3) is 0 Å². The topological polar surface area (TPSA) is 51.8 Å². The molecule has 1 unspecified atom stereocenters. The largest absolute Gasteiger partial charge is 0.320 e. The molecule has 5 heteroatoms. The van der Waals surface area contributed by atoms with E-state index in [-0.39, 0.29) is 5.56 Å². The number of para-hydroxylation sites is 1. The van der Waals surface area contributed by atoms with Crippen LogP contribution in [0.2, 0.25) is 0 Å². The summed E-state index contributed by atoms with van der Waals surface area (Å²) in [7, 11) is 0. The molecule has 0 bridgehead atoms. The van der Waals surface area contributed by atoms with Gasteiger partial charge in [0, 0.05) is 23.5 Å². The Labute approximate surface area is 114 Å². The molecule has 1 heterocycles. The lowest BCUT2D eigenvalue weighted by Crippen LogP contribution is -2.16. The van der Waals surface area contributed by atoms with E-state index in [1.54, 1.807) is 24.4 Å². The predicted octanol–water partition coefficient (Wildman–Crippen LogP) is 2.96. The Balaban J connectivity index is 2.21. The molecule has 100 valence electrons. The maximum Gasteiger partial charge on any atom is 0.131 e. The van der Waals surface area contributed by atoms with Crippen LogP contribution in [0.5, 0.6) is 0 Å². The van der Waals surface area contributed by atoms with Crippen molar-refractivity contribution in [2.24, 2.45) is 5.73 Å². The molecule has 0 saturated carbocycles. The highest BCUT2D eigenvalue weighted by Crippen LogP contribution is 2.28. The molecule has 0 spiro atoms. The minimum atomic E-state index is -0.934. The second kappa shape index (κ2) is 4.94. The molecule has 0 aliphatic heterocycles. The van der Waals surface area contributed by atoms with Gasteiger partial charge in [-0.05, 0) is 18.2 Å². The van der Waals surface area contributed by atoms with Crippen molar-refractivity contribution in [1.29, 1.82) is 0 Å². The van der Waals surface area contributed by atoms with Crippen LogP contribution in [0.25, 0.3) is 11.0 Å². The summed E-state index contributed by atoms with van der Waals surface area (Å²) in [5.74, 6) is -1.34. The Bertz CT molecular complexity index is 748. The van der Waals surface area contributed by atoms with Crippen molar-refractivity contribution in [2.45, 2.75) is 6.04 Å². The third kappa shape index (κ3) is 2.02. The van der Waals surface area contributed by atoms with Gasteiger partial charge in [0.15, 0.2) is 0 Å². The Morgan fingerprint density at radius 3 is 2.30 bits per heavy atom. The highest BCUT2D eigenvalue weighted by Gasteiger charge is 2.20. The standard InChI is InChI=1S/C15H11F2N3/c16-10-4-2-5-11(17)13(10)14(18)9-3-1-6-12-15(9)20-8-7-19-12/h1-8,14H,18H2. The van der Waals surface area contributed by atoms with Gasteiger partial charge in [0.1, 0.15) is 11.6 Å². The first-order valence-corrected chi connectivity index (χ1v) is 6.07. The van der Waals surface area contributed by atoms with Crippen molar-refractivity contribution in [3.63, 3.8) is 0 Å². The lowest BCUT2D eigenvalue weighted by Gasteiger charge is -2.15. The van der Waals surface area contributed by atoms with E-state index in [1.807, 2.05) is 0 Å². The highest BCUT2D eigenvalue weighted by atomic mass is 19.1. The number of fused-ring (bicyclic) bond motifs is 1. The van der Waals surface area contributed by atoms with Gasteiger partial charge in [-0.2, -0.15) is 0 Å². The highest BCUT2D eigenvalue weighted by molar-refractivity contribution is 5.78. The predicted molar refractivity (Wildman–Crippen MR) is 71.9 cm³/mol. The average Bonchev–Trinajstić information content (AvgIpc) is 2.46. The Kier molecular flexibility index (Phi) is 3.12. The van der Waals surface area contributed by atoms with Gasteiger partial charge < -0.3 is 5.73 Å². The molecule has 3 rings (SSSR count). The fourth-order valence-electron chi connectivity index (χ4n) is 2.23. The Hall–Kier alpha value is -2.40. The van der Waals surface area contributed by atoms with Gasteiger partial charge in [0.2, 0.25) is 0 Å². The molecule has 0 aliphatic carbocycles. The third-order valence-electron chi connectivity index (χ3n) is 3.18. The van der Waals surface area contributed by atoms with Crippen LogP contribution in [0.15, 0.2) is 48.8 Å². The SMILES string of the molecule is NC(c1c(F)cccc1F)c1cccc2nccnc12. The van der Waals surface area contributed by atoms with E-state index < -0.39 is 17.7 Å². The normalized spacial score (nSPS) is 12.6. The molecule has 1 atom stereocenters. The fourth-order valence-corrected chi connectivity index (χ4v) is 2.23. The molecule has 0 saturated heterocycles. The molecule has 0 amide bonds. The first-order chi connectivity index (χ1) is 9.68. The Morgan fingerprint density at radius 1 is 0.900 bits per heavy atom. The zero-order valence-electron chi connectivity index (χ0n) is 10.4. The summed E-state index contributed by atoms with van der Waals surface area (Å²) in [5.41, 5.74) is 7.60. The van der Waals surface area contributed by atoms with Crippen LogP contribution in [-0.2, 0) is 0 Å². The summed E-state index contributed by atoms with van der Waals surface area (Å²) in [4.78, 5) is 8.36. The van der Waals surface area contributed by atoms with Gasteiger partial charge >= 0.3 is 0 Å².